The number of allylic oxidation sites excluding steroid dienone is 2. The molecule has 1 aromatic rings. The van der Waals surface area contributed by atoms with E-state index in [0.29, 0.717) is 32.0 Å². The van der Waals surface area contributed by atoms with E-state index in [0.717, 1.165) is 18.6 Å². The molecular formula is C24H32N4O3. The summed E-state index contributed by atoms with van der Waals surface area (Å²) in [4.78, 5) is 31.2. The molecule has 5 atom stereocenters. The third kappa shape index (κ3) is 4.45. The van der Waals surface area contributed by atoms with Gasteiger partial charge >= 0.3 is 0 Å². The van der Waals surface area contributed by atoms with Gasteiger partial charge < -0.3 is 15.4 Å². The van der Waals surface area contributed by atoms with Gasteiger partial charge in [-0.1, -0.05) is 37.3 Å². The number of carbonyl (C=O) groups excluding carboxylic acids is 2. The predicted molar refractivity (Wildman–Crippen MR) is 120 cm³/mol. The third-order valence-electron chi connectivity index (χ3n) is 6.63. The average molecular weight is 425 g/mol. The number of hydrogen-bond acceptors (Lipinski definition) is 4. The SMILES string of the molecule is CCC(CNC(=NC)NCCCN1C(=O)C2C3C=CC(C3)C2C1=O)Oc1ccccc1. The summed E-state index contributed by atoms with van der Waals surface area (Å²) in [5.41, 5.74) is 0. The molecular weight excluding hydrogens is 392 g/mol. The molecule has 1 saturated carbocycles. The highest BCUT2D eigenvalue weighted by molar-refractivity contribution is 6.06. The maximum atomic E-state index is 12.7. The molecule has 2 aliphatic carbocycles. The van der Waals surface area contributed by atoms with Gasteiger partial charge in [-0.3, -0.25) is 19.5 Å². The topological polar surface area (TPSA) is 83.0 Å². The zero-order chi connectivity index (χ0) is 21.8. The summed E-state index contributed by atoms with van der Waals surface area (Å²) in [6.07, 6.45) is 6.82. The fourth-order valence-electron chi connectivity index (χ4n) is 5.02. The number of nitrogens with zero attached hydrogens (tertiary/aromatic N) is 2. The molecule has 4 rings (SSSR count). The lowest BCUT2D eigenvalue weighted by atomic mass is 9.85. The third-order valence-corrected chi connectivity index (χ3v) is 6.63. The molecule has 3 aliphatic rings. The lowest BCUT2D eigenvalue weighted by molar-refractivity contribution is -0.140. The first-order valence-corrected chi connectivity index (χ1v) is 11.3. The Kier molecular flexibility index (Phi) is 6.59. The second kappa shape index (κ2) is 9.54. The van der Waals surface area contributed by atoms with E-state index in [9.17, 15) is 9.59 Å². The van der Waals surface area contributed by atoms with Crippen molar-refractivity contribution >= 4 is 17.8 Å². The number of ether oxygens (including phenoxy) is 1. The molecule has 1 heterocycles. The Balaban J connectivity index is 1.18. The maximum Gasteiger partial charge on any atom is 0.233 e. The van der Waals surface area contributed by atoms with Crippen molar-refractivity contribution in [3.8, 4) is 5.75 Å². The molecule has 2 bridgehead atoms. The average Bonchev–Trinajstić information content (AvgIpc) is 3.47. The summed E-state index contributed by atoms with van der Waals surface area (Å²) in [5.74, 6) is 1.91. The molecule has 0 spiro atoms. The Morgan fingerprint density at radius 1 is 1.13 bits per heavy atom. The first-order chi connectivity index (χ1) is 15.1. The van der Waals surface area contributed by atoms with E-state index < -0.39 is 0 Å². The van der Waals surface area contributed by atoms with Gasteiger partial charge in [-0.05, 0) is 43.2 Å². The Bertz CT molecular complexity index is 824. The van der Waals surface area contributed by atoms with Crippen molar-refractivity contribution in [2.75, 3.05) is 26.7 Å². The van der Waals surface area contributed by atoms with Crippen LogP contribution in [0.3, 0.4) is 0 Å². The molecule has 5 unspecified atom stereocenters. The van der Waals surface area contributed by atoms with Gasteiger partial charge in [-0.15, -0.1) is 0 Å². The van der Waals surface area contributed by atoms with Crippen LogP contribution in [0.1, 0.15) is 26.2 Å². The van der Waals surface area contributed by atoms with Crippen LogP contribution in [0.4, 0.5) is 0 Å². The van der Waals surface area contributed by atoms with Gasteiger partial charge in [0, 0.05) is 20.1 Å². The summed E-state index contributed by atoms with van der Waals surface area (Å²) >= 11 is 0. The summed E-state index contributed by atoms with van der Waals surface area (Å²) in [6.45, 7) is 3.82. The number of hydrogen-bond donors (Lipinski definition) is 2. The highest BCUT2D eigenvalue weighted by Gasteiger charge is 2.58. The quantitative estimate of drug-likeness (QED) is 0.209. The van der Waals surface area contributed by atoms with Gasteiger partial charge in [0.05, 0.1) is 18.4 Å². The minimum absolute atomic E-state index is 0.0261. The van der Waals surface area contributed by atoms with E-state index in [1.807, 2.05) is 30.3 Å². The molecule has 0 aromatic heterocycles. The highest BCUT2D eigenvalue weighted by Crippen LogP contribution is 2.52. The molecule has 2 amide bonds. The number of likely N-dealkylation sites (tertiary alicyclic amines) is 1. The summed E-state index contributed by atoms with van der Waals surface area (Å²) in [6, 6.07) is 9.79. The lowest BCUT2D eigenvalue weighted by Crippen LogP contribution is -2.43. The molecule has 7 heteroatoms. The minimum atomic E-state index is -0.111. The van der Waals surface area contributed by atoms with Crippen molar-refractivity contribution in [1.29, 1.82) is 0 Å². The number of aliphatic imine (C=N–C) groups is 1. The van der Waals surface area contributed by atoms with Crippen LogP contribution in [-0.2, 0) is 9.59 Å². The van der Waals surface area contributed by atoms with Gasteiger partial charge in [0.15, 0.2) is 5.96 Å². The molecule has 7 nitrogen and oxygen atoms in total. The fourth-order valence-corrected chi connectivity index (χ4v) is 5.02. The number of nitrogens with one attached hydrogen (secondary N) is 2. The molecule has 1 saturated heterocycles. The van der Waals surface area contributed by atoms with Crippen LogP contribution in [-0.4, -0.2) is 55.5 Å². The highest BCUT2D eigenvalue weighted by atomic mass is 16.5. The van der Waals surface area contributed by atoms with Crippen LogP contribution in [0.2, 0.25) is 0 Å². The number of imide groups is 1. The molecule has 166 valence electrons. The zero-order valence-corrected chi connectivity index (χ0v) is 18.3. The summed E-state index contributed by atoms with van der Waals surface area (Å²) in [5, 5.41) is 6.57. The summed E-state index contributed by atoms with van der Waals surface area (Å²) in [7, 11) is 1.73. The minimum Gasteiger partial charge on any atom is -0.489 e. The smallest absolute Gasteiger partial charge is 0.233 e. The fraction of sp³-hybridized carbons (Fsp3) is 0.542. The van der Waals surface area contributed by atoms with E-state index >= 15 is 0 Å². The van der Waals surface area contributed by atoms with E-state index in [-0.39, 0.29) is 41.6 Å². The molecule has 2 fully saturated rings. The van der Waals surface area contributed by atoms with Crippen molar-refractivity contribution in [3.05, 3.63) is 42.5 Å². The number of benzene rings is 1. The second-order valence-corrected chi connectivity index (χ2v) is 8.52. The Labute approximate surface area is 183 Å². The van der Waals surface area contributed by atoms with Crippen molar-refractivity contribution in [3.63, 3.8) is 0 Å². The van der Waals surface area contributed by atoms with Crippen molar-refractivity contribution in [1.82, 2.24) is 15.5 Å². The predicted octanol–water partition coefficient (Wildman–Crippen LogP) is 2.21. The molecule has 1 aromatic carbocycles. The first-order valence-electron chi connectivity index (χ1n) is 11.3. The van der Waals surface area contributed by atoms with Crippen molar-refractivity contribution < 1.29 is 14.3 Å². The van der Waals surface area contributed by atoms with Crippen molar-refractivity contribution in [2.45, 2.75) is 32.3 Å². The molecule has 1 aliphatic heterocycles. The Hall–Kier alpha value is -2.83. The number of guanidine groups is 1. The van der Waals surface area contributed by atoms with Crippen LogP contribution in [0.15, 0.2) is 47.5 Å². The number of amides is 2. The van der Waals surface area contributed by atoms with E-state index in [4.69, 9.17) is 4.74 Å². The number of rotatable bonds is 9. The van der Waals surface area contributed by atoms with Crippen molar-refractivity contribution in [2.24, 2.45) is 28.7 Å². The van der Waals surface area contributed by atoms with Gasteiger partial charge in [0.1, 0.15) is 11.9 Å². The number of fused-ring (bicyclic) bond motifs is 5. The zero-order valence-electron chi connectivity index (χ0n) is 18.3. The van der Waals surface area contributed by atoms with E-state index in [1.165, 1.54) is 4.90 Å². The van der Waals surface area contributed by atoms with E-state index in [2.05, 4.69) is 34.7 Å². The van der Waals surface area contributed by atoms with Gasteiger partial charge in [-0.2, -0.15) is 0 Å². The number of para-hydroxylation sites is 1. The van der Waals surface area contributed by atoms with Gasteiger partial charge in [-0.25, -0.2) is 0 Å². The normalized spacial score (nSPS) is 27.5. The van der Waals surface area contributed by atoms with Crippen LogP contribution >= 0.6 is 0 Å². The Morgan fingerprint density at radius 3 is 2.42 bits per heavy atom. The van der Waals surface area contributed by atoms with Gasteiger partial charge in [0.25, 0.3) is 0 Å². The molecule has 0 radical (unpaired) electrons. The maximum absolute atomic E-state index is 12.7. The van der Waals surface area contributed by atoms with Crippen LogP contribution in [0, 0.1) is 23.7 Å². The lowest BCUT2D eigenvalue weighted by Gasteiger charge is -2.20. The standard InChI is InChI=1S/C24H32N4O3/c1-3-18(31-19-8-5-4-6-9-19)15-27-24(25-2)26-12-7-13-28-22(29)20-16-10-11-17(14-16)21(20)23(28)30/h4-6,8-11,16-18,20-21H,3,7,12-15H2,1-2H3,(H2,25,26,27). The van der Waals surface area contributed by atoms with Gasteiger partial charge in [0.2, 0.25) is 11.8 Å². The van der Waals surface area contributed by atoms with Crippen LogP contribution in [0.25, 0.3) is 0 Å². The number of carbonyl (C=O) groups is 2. The molecule has 2 N–H and O–H groups in total. The second-order valence-electron chi connectivity index (χ2n) is 8.52. The van der Waals surface area contributed by atoms with Crippen LogP contribution in [0.5, 0.6) is 5.75 Å². The largest absolute Gasteiger partial charge is 0.489 e. The first kappa shape index (κ1) is 21.4. The molecule has 31 heavy (non-hydrogen) atoms. The van der Waals surface area contributed by atoms with Crippen LogP contribution < -0.4 is 15.4 Å². The summed E-state index contributed by atoms with van der Waals surface area (Å²) < 4.78 is 6.00. The monoisotopic (exact) mass is 424 g/mol. The Morgan fingerprint density at radius 2 is 1.81 bits per heavy atom. The van der Waals surface area contributed by atoms with E-state index in [1.54, 1.807) is 7.05 Å².